The molecular weight excluding hydrogens is 154 g/mol. The standard InChI is InChI=1S/C9H13NO2/c1-4-12-8-5-9(11)10(3)6-7(8)2/h5-6H,4H2,1-3H3. The fourth-order valence-electron chi connectivity index (χ4n) is 1.06. The summed E-state index contributed by atoms with van der Waals surface area (Å²) in [6.07, 6.45) is 1.77. The molecular formula is C9H13NO2. The summed E-state index contributed by atoms with van der Waals surface area (Å²) in [5, 5.41) is 0. The second-order valence-electron chi connectivity index (χ2n) is 2.70. The normalized spacial score (nSPS) is 9.92. The summed E-state index contributed by atoms with van der Waals surface area (Å²) in [6, 6.07) is 1.51. The molecule has 0 aliphatic carbocycles. The summed E-state index contributed by atoms with van der Waals surface area (Å²) in [5.74, 6) is 0.681. The minimum absolute atomic E-state index is 0.0379. The number of aromatic nitrogens is 1. The molecule has 1 rings (SSSR count). The quantitative estimate of drug-likeness (QED) is 0.660. The van der Waals surface area contributed by atoms with E-state index in [2.05, 4.69) is 0 Å². The second kappa shape index (κ2) is 3.43. The van der Waals surface area contributed by atoms with Crippen molar-refractivity contribution in [2.45, 2.75) is 13.8 Å². The van der Waals surface area contributed by atoms with Crippen LogP contribution >= 0.6 is 0 Å². The van der Waals surface area contributed by atoms with Crippen LogP contribution in [0, 0.1) is 6.92 Å². The molecule has 0 aliphatic rings. The molecule has 1 heterocycles. The Kier molecular flexibility index (Phi) is 2.53. The van der Waals surface area contributed by atoms with Gasteiger partial charge in [0.25, 0.3) is 5.56 Å². The van der Waals surface area contributed by atoms with Crippen LogP contribution in [0.5, 0.6) is 5.75 Å². The van der Waals surface area contributed by atoms with E-state index < -0.39 is 0 Å². The molecule has 3 nitrogen and oxygen atoms in total. The van der Waals surface area contributed by atoms with E-state index in [1.165, 1.54) is 10.6 Å². The molecule has 0 saturated heterocycles. The van der Waals surface area contributed by atoms with E-state index in [9.17, 15) is 4.79 Å². The van der Waals surface area contributed by atoms with Crippen LogP contribution in [0.2, 0.25) is 0 Å². The summed E-state index contributed by atoms with van der Waals surface area (Å²) < 4.78 is 6.80. The third kappa shape index (κ3) is 1.67. The van der Waals surface area contributed by atoms with E-state index >= 15 is 0 Å². The van der Waals surface area contributed by atoms with Gasteiger partial charge in [-0.3, -0.25) is 4.79 Å². The lowest BCUT2D eigenvalue weighted by molar-refractivity contribution is 0.336. The second-order valence-corrected chi connectivity index (χ2v) is 2.70. The molecule has 1 aromatic heterocycles. The van der Waals surface area contributed by atoms with Crippen LogP contribution in [-0.2, 0) is 7.05 Å². The largest absolute Gasteiger partial charge is 0.493 e. The van der Waals surface area contributed by atoms with E-state index in [0.717, 1.165) is 5.56 Å². The highest BCUT2D eigenvalue weighted by Gasteiger charge is 2.00. The first-order chi connectivity index (χ1) is 5.65. The first-order valence-corrected chi connectivity index (χ1v) is 3.95. The molecule has 0 amide bonds. The first kappa shape index (κ1) is 8.84. The molecule has 0 bridgehead atoms. The Hall–Kier alpha value is -1.25. The lowest BCUT2D eigenvalue weighted by Gasteiger charge is -2.07. The van der Waals surface area contributed by atoms with Gasteiger partial charge in [-0.1, -0.05) is 0 Å². The van der Waals surface area contributed by atoms with Crippen LogP contribution in [-0.4, -0.2) is 11.2 Å². The topological polar surface area (TPSA) is 31.2 Å². The van der Waals surface area contributed by atoms with Crippen LogP contribution in [0.15, 0.2) is 17.1 Å². The van der Waals surface area contributed by atoms with E-state index in [0.29, 0.717) is 12.4 Å². The van der Waals surface area contributed by atoms with Gasteiger partial charge in [0.1, 0.15) is 5.75 Å². The van der Waals surface area contributed by atoms with Gasteiger partial charge in [0.15, 0.2) is 0 Å². The molecule has 0 atom stereocenters. The smallest absolute Gasteiger partial charge is 0.253 e. The zero-order chi connectivity index (χ0) is 9.14. The van der Waals surface area contributed by atoms with Gasteiger partial charge in [0.2, 0.25) is 0 Å². The maximum absolute atomic E-state index is 11.1. The number of pyridine rings is 1. The molecule has 0 radical (unpaired) electrons. The number of ether oxygens (including phenoxy) is 1. The van der Waals surface area contributed by atoms with Gasteiger partial charge >= 0.3 is 0 Å². The fraction of sp³-hybridized carbons (Fsp3) is 0.444. The van der Waals surface area contributed by atoms with Gasteiger partial charge in [0.05, 0.1) is 6.61 Å². The van der Waals surface area contributed by atoms with Crippen LogP contribution in [0.3, 0.4) is 0 Å². The monoisotopic (exact) mass is 167 g/mol. The van der Waals surface area contributed by atoms with Crippen LogP contribution in [0.25, 0.3) is 0 Å². The zero-order valence-corrected chi connectivity index (χ0v) is 7.63. The SMILES string of the molecule is CCOc1cc(=O)n(C)cc1C. The third-order valence-corrected chi connectivity index (χ3v) is 1.68. The van der Waals surface area contributed by atoms with Crippen molar-refractivity contribution in [3.8, 4) is 5.75 Å². The summed E-state index contributed by atoms with van der Waals surface area (Å²) in [7, 11) is 1.73. The molecule has 0 unspecified atom stereocenters. The predicted octanol–water partition coefficient (Wildman–Crippen LogP) is 1.09. The van der Waals surface area contributed by atoms with Gasteiger partial charge in [-0.25, -0.2) is 0 Å². The van der Waals surface area contributed by atoms with Gasteiger partial charge in [-0.2, -0.15) is 0 Å². The van der Waals surface area contributed by atoms with Gasteiger partial charge in [0, 0.05) is 24.9 Å². The number of hydrogen-bond donors (Lipinski definition) is 0. The minimum atomic E-state index is -0.0379. The Morgan fingerprint density at radius 3 is 2.83 bits per heavy atom. The number of nitrogens with zero attached hydrogens (tertiary/aromatic N) is 1. The number of aryl methyl sites for hydroxylation is 2. The van der Waals surface area contributed by atoms with Crippen molar-refractivity contribution in [2.24, 2.45) is 7.05 Å². The van der Waals surface area contributed by atoms with Crippen molar-refractivity contribution < 1.29 is 4.74 Å². The molecule has 0 aliphatic heterocycles. The molecule has 0 saturated carbocycles. The molecule has 0 aromatic carbocycles. The summed E-state index contributed by atoms with van der Waals surface area (Å²) in [6.45, 7) is 4.41. The zero-order valence-electron chi connectivity index (χ0n) is 7.63. The average molecular weight is 167 g/mol. The predicted molar refractivity (Wildman–Crippen MR) is 47.6 cm³/mol. The molecule has 0 N–H and O–H groups in total. The van der Waals surface area contributed by atoms with Gasteiger partial charge < -0.3 is 9.30 Å². The lowest BCUT2D eigenvalue weighted by atomic mass is 10.3. The summed E-state index contributed by atoms with van der Waals surface area (Å²) in [5.41, 5.74) is 0.947. The molecule has 12 heavy (non-hydrogen) atoms. The Balaban J connectivity index is 3.14. The van der Waals surface area contributed by atoms with Gasteiger partial charge in [-0.15, -0.1) is 0 Å². The van der Waals surface area contributed by atoms with Crippen LogP contribution in [0.4, 0.5) is 0 Å². The fourth-order valence-corrected chi connectivity index (χ4v) is 1.06. The number of hydrogen-bond acceptors (Lipinski definition) is 2. The maximum Gasteiger partial charge on any atom is 0.253 e. The minimum Gasteiger partial charge on any atom is -0.493 e. The highest BCUT2D eigenvalue weighted by Crippen LogP contribution is 2.12. The Labute approximate surface area is 71.6 Å². The van der Waals surface area contributed by atoms with Crippen molar-refractivity contribution in [1.29, 1.82) is 0 Å². The van der Waals surface area contributed by atoms with Crippen molar-refractivity contribution in [1.82, 2.24) is 4.57 Å². The Morgan fingerprint density at radius 2 is 2.25 bits per heavy atom. The van der Waals surface area contributed by atoms with E-state index in [-0.39, 0.29) is 5.56 Å². The molecule has 0 fully saturated rings. The molecule has 3 heteroatoms. The summed E-state index contributed by atoms with van der Waals surface area (Å²) >= 11 is 0. The van der Waals surface area contributed by atoms with Crippen molar-refractivity contribution in [2.75, 3.05) is 6.61 Å². The van der Waals surface area contributed by atoms with Gasteiger partial charge in [-0.05, 0) is 13.8 Å². The third-order valence-electron chi connectivity index (χ3n) is 1.68. The highest BCUT2D eigenvalue weighted by atomic mass is 16.5. The summed E-state index contributed by atoms with van der Waals surface area (Å²) in [4.78, 5) is 11.1. The van der Waals surface area contributed by atoms with Crippen molar-refractivity contribution in [3.63, 3.8) is 0 Å². The van der Waals surface area contributed by atoms with E-state index in [1.807, 2.05) is 13.8 Å². The highest BCUT2D eigenvalue weighted by molar-refractivity contribution is 5.28. The van der Waals surface area contributed by atoms with Crippen molar-refractivity contribution >= 4 is 0 Å². The molecule has 0 spiro atoms. The van der Waals surface area contributed by atoms with Crippen LogP contribution in [0.1, 0.15) is 12.5 Å². The van der Waals surface area contributed by atoms with E-state index in [1.54, 1.807) is 13.2 Å². The first-order valence-electron chi connectivity index (χ1n) is 3.95. The van der Waals surface area contributed by atoms with Crippen molar-refractivity contribution in [3.05, 3.63) is 28.2 Å². The Bertz CT molecular complexity index is 328. The van der Waals surface area contributed by atoms with E-state index in [4.69, 9.17) is 4.74 Å². The lowest BCUT2D eigenvalue weighted by Crippen LogP contribution is -2.15. The number of rotatable bonds is 2. The molecule has 66 valence electrons. The molecule has 1 aromatic rings. The maximum atomic E-state index is 11.1. The average Bonchev–Trinajstić information content (AvgIpc) is 2.01. The Morgan fingerprint density at radius 1 is 1.58 bits per heavy atom. The van der Waals surface area contributed by atoms with Crippen LogP contribution < -0.4 is 10.3 Å².